The van der Waals surface area contributed by atoms with E-state index in [9.17, 15) is 0 Å². The molecule has 0 saturated carbocycles. The van der Waals surface area contributed by atoms with E-state index in [1.165, 1.54) is 0 Å². The molecule has 0 aliphatic carbocycles. The number of aromatic nitrogens is 3. The van der Waals surface area contributed by atoms with E-state index in [0.717, 1.165) is 16.9 Å². The molecule has 0 unspecified atom stereocenters. The van der Waals surface area contributed by atoms with Gasteiger partial charge in [0.25, 0.3) is 5.89 Å². The van der Waals surface area contributed by atoms with Crippen molar-refractivity contribution in [2.24, 2.45) is 0 Å². The summed E-state index contributed by atoms with van der Waals surface area (Å²) in [7, 11) is 0. The molecular weight excluding hydrogens is 266 g/mol. The maximum Gasteiger partial charge on any atom is 0.258 e. The van der Waals surface area contributed by atoms with Crippen molar-refractivity contribution in [1.82, 2.24) is 15.1 Å². The van der Waals surface area contributed by atoms with Gasteiger partial charge < -0.3 is 9.26 Å². The molecule has 0 fully saturated rings. The summed E-state index contributed by atoms with van der Waals surface area (Å²) in [5.41, 5.74) is 1.65. The normalized spacial score (nSPS) is 10.8. The number of rotatable bonds is 4. The van der Waals surface area contributed by atoms with Crippen molar-refractivity contribution in [3.8, 4) is 28.6 Å². The predicted molar refractivity (Wildman–Crippen MR) is 78.7 cm³/mol. The predicted octanol–water partition coefficient (Wildman–Crippen LogP) is 3.59. The molecule has 0 aliphatic heterocycles. The molecule has 5 heteroatoms. The van der Waals surface area contributed by atoms with Crippen molar-refractivity contribution >= 4 is 0 Å². The van der Waals surface area contributed by atoms with Crippen LogP contribution in [0.25, 0.3) is 22.8 Å². The van der Waals surface area contributed by atoms with Crippen molar-refractivity contribution in [3.63, 3.8) is 0 Å². The molecule has 0 aliphatic rings. The molecule has 106 valence electrons. The summed E-state index contributed by atoms with van der Waals surface area (Å²) in [4.78, 5) is 8.45. The molecule has 21 heavy (non-hydrogen) atoms. The Morgan fingerprint density at radius 2 is 1.95 bits per heavy atom. The fraction of sp³-hybridized carbons (Fsp3) is 0.188. The Labute approximate surface area is 122 Å². The zero-order chi connectivity index (χ0) is 14.7. The number of hydrogen-bond donors (Lipinski definition) is 0. The van der Waals surface area contributed by atoms with Crippen LogP contribution >= 0.6 is 0 Å². The lowest BCUT2D eigenvalue weighted by Gasteiger charge is -2.09. The fourth-order valence-corrected chi connectivity index (χ4v) is 1.93. The second-order valence-corrected chi connectivity index (χ2v) is 4.86. The molecule has 2 heterocycles. The lowest BCUT2D eigenvalue weighted by atomic mass is 10.2. The molecule has 0 saturated heterocycles. The molecule has 1 aromatic carbocycles. The highest BCUT2D eigenvalue weighted by atomic mass is 16.5. The second kappa shape index (κ2) is 5.75. The van der Waals surface area contributed by atoms with Crippen molar-refractivity contribution < 1.29 is 9.26 Å². The van der Waals surface area contributed by atoms with Gasteiger partial charge in [-0.2, -0.15) is 4.98 Å². The van der Waals surface area contributed by atoms with Gasteiger partial charge in [-0.05, 0) is 44.2 Å². The first-order valence-electron chi connectivity index (χ1n) is 6.73. The second-order valence-electron chi connectivity index (χ2n) is 4.86. The molecule has 3 aromatic rings. The van der Waals surface area contributed by atoms with E-state index in [4.69, 9.17) is 9.26 Å². The number of ether oxygens (including phenoxy) is 1. The average Bonchev–Trinajstić information content (AvgIpc) is 2.98. The lowest BCUT2D eigenvalue weighted by Crippen LogP contribution is -2.05. The Hall–Kier alpha value is -2.69. The van der Waals surface area contributed by atoms with Gasteiger partial charge in [-0.15, -0.1) is 0 Å². The van der Waals surface area contributed by atoms with Gasteiger partial charge in [0.05, 0.1) is 6.10 Å². The SMILES string of the molecule is CC(C)Oc1cccc(-c2nc(-c3cccnc3)no2)c1. The molecule has 5 nitrogen and oxygen atoms in total. The summed E-state index contributed by atoms with van der Waals surface area (Å²) in [6, 6.07) is 11.3. The zero-order valence-corrected chi connectivity index (χ0v) is 11.9. The molecule has 0 spiro atoms. The van der Waals surface area contributed by atoms with E-state index in [1.54, 1.807) is 12.4 Å². The van der Waals surface area contributed by atoms with Crippen molar-refractivity contribution in [1.29, 1.82) is 0 Å². The first-order valence-corrected chi connectivity index (χ1v) is 6.73. The highest BCUT2D eigenvalue weighted by Crippen LogP contribution is 2.25. The molecule has 0 amide bonds. The minimum absolute atomic E-state index is 0.119. The topological polar surface area (TPSA) is 61.0 Å². The van der Waals surface area contributed by atoms with Crippen LogP contribution in [0.5, 0.6) is 5.75 Å². The van der Waals surface area contributed by atoms with E-state index < -0.39 is 0 Å². The van der Waals surface area contributed by atoms with Gasteiger partial charge in [-0.1, -0.05) is 11.2 Å². The van der Waals surface area contributed by atoms with Gasteiger partial charge in [-0.3, -0.25) is 4.98 Å². The van der Waals surface area contributed by atoms with Gasteiger partial charge >= 0.3 is 0 Å². The summed E-state index contributed by atoms with van der Waals surface area (Å²) < 4.78 is 11.0. The Kier molecular flexibility index (Phi) is 3.64. The largest absolute Gasteiger partial charge is 0.491 e. The van der Waals surface area contributed by atoms with Crippen molar-refractivity contribution in [2.45, 2.75) is 20.0 Å². The zero-order valence-electron chi connectivity index (χ0n) is 11.9. The molecule has 0 N–H and O–H groups in total. The Morgan fingerprint density at radius 1 is 1.10 bits per heavy atom. The van der Waals surface area contributed by atoms with Crippen LogP contribution in [0.4, 0.5) is 0 Å². The quantitative estimate of drug-likeness (QED) is 0.731. The first kappa shape index (κ1) is 13.3. The van der Waals surface area contributed by atoms with E-state index in [-0.39, 0.29) is 6.10 Å². The summed E-state index contributed by atoms with van der Waals surface area (Å²) in [5.74, 6) is 1.76. The molecule has 2 aromatic heterocycles. The first-order chi connectivity index (χ1) is 10.2. The minimum atomic E-state index is 0.119. The minimum Gasteiger partial charge on any atom is -0.491 e. The van der Waals surface area contributed by atoms with Gasteiger partial charge in [0.15, 0.2) is 0 Å². The maximum absolute atomic E-state index is 5.67. The third kappa shape index (κ3) is 3.08. The Balaban J connectivity index is 1.90. The Bertz CT molecular complexity index is 723. The maximum atomic E-state index is 5.67. The average molecular weight is 281 g/mol. The number of pyridine rings is 1. The van der Waals surface area contributed by atoms with Crippen molar-refractivity contribution in [2.75, 3.05) is 0 Å². The molecule has 0 radical (unpaired) electrons. The number of benzene rings is 1. The third-order valence-electron chi connectivity index (χ3n) is 2.80. The summed E-state index contributed by atoms with van der Waals surface area (Å²) in [6.45, 7) is 3.97. The van der Waals surface area contributed by atoms with E-state index in [2.05, 4.69) is 15.1 Å². The van der Waals surface area contributed by atoms with Gasteiger partial charge in [-0.25, -0.2) is 0 Å². The van der Waals surface area contributed by atoms with Crippen LogP contribution in [0.3, 0.4) is 0 Å². The highest BCUT2D eigenvalue weighted by Gasteiger charge is 2.11. The molecule has 3 rings (SSSR count). The van der Waals surface area contributed by atoms with E-state index in [0.29, 0.717) is 11.7 Å². The van der Waals surface area contributed by atoms with Crippen LogP contribution in [0, 0.1) is 0 Å². The monoisotopic (exact) mass is 281 g/mol. The smallest absolute Gasteiger partial charge is 0.258 e. The number of hydrogen-bond acceptors (Lipinski definition) is 5. The van der Waals surface area contributed by atoms with E-state index in [1.807, 2.05) is 50.2 Å². The van der Waals surface area contributed by atoms with Crippen LogP contribution in [0.2, 0.25) is 0 Å². The summed E-state index contributed by atoms with van der Waals surface area (Å²) in [5, 5.41) is 3.99. The van der Waals surface area contributed by atoms with Crippen LogP contribution in [0.15, 0.2) is 53.3 Å². The fourth-order valence-electron chi connectivity index (χ4n) is 1.93. The van der Waals surface area contributed by atoms with Crippen LogP contribution in [0.1, 0.15) is 13.8 Å². The Morgan fingerprint density at radius 3 is 2.71 bits per heavy atom. The summed E-state index contributed by atoms with van der Waals surface area (Å²) >= 11 is 0. The van der Waals surface area contributed by atoms with Gasteiger partial charge in [0.1, 0.15) is 5.75 Å². The van der Waals surface area contributed by atoms with Crippen LogP contribution < -0.4 is 4.74 Å². The van der Waals surface area contributed by atoms with Crippen LogP contribution in [-0.4, -0.2) is 21.2 Å². The molecule has 0 bridgehead atoms. The van der Waals surface area contributed by atoms with Gasteiger partial charge in [0, 0.05) is 23.5 Å². The van der Waals surface area contributed by atoms with Crippen LogP contribution in [-0.2, 0) is 0 Å². The summed E-state index contributed by atoms with van der Waals surface area (Å²) in [6.07, 6.45) is 3.53. The molecule has 0 atom stereocenters. The van der Waals surface area contributed by atoms with E-state index >= 15 is 0 Å². The standard InChI is InChI=1S/C16H15N3O2/c1-11(2)20-14-7-3-5-12(9-14)16-18-15(19-21-16)13-6-4-8-17-10-13/h3-11H,1-2H3. The van der Waals surface area contributed by atoms with Gasteiger partial charge in [0.2, 0.25) is 5.82 Å². The molecular formula is C16H15N3O2. The third-order valence-corrected chi connectivity index (χ3v) is 2.80. The number of nitrogens with zero attached hydrogens (tertiary/aromatic N) is 3. The van der Waals surface area contributed by atoms with Crippen molar-refractivity contribution in [3.05, 3.63) is 48.8 Å². The lowest BCUT2D eigenvalue weighted by molar-refractivity contribution is 0.242. The highest BCUT2D eigenvalue weighted by molar-refractivity contribution is 5.60.